The molecule has 28 heavy (non-hydrogen) atoms. The zero-order chi connectivity index (χ0) is 19.5. The van der Waals surface area contributed by atoms with E-state index < -0.39 is 0 Å². The topological polar surface area (TPSA) is 42.0 Å². The molecule has 1 heterocycles. The van der Waals surface area contributed by atoms with E-state index in [-0.39, 0.29) is 11.9 Å². The maximum Gasteiger partial charge on any atom is 0.252 e. The first-order valence-electron chi connectivity index (χ1n) is 9.45. The molecule has 0 saturated carbocycles. The van der Waals surface area contributed by atoms with Gasteiger partial charge in [-0.2, -0.15) is 0 Å². The Morgan fingerprint density at radius 3 is 2.29 bits per heavy atom. The largest absolute Gasteiger partial charge is 0.345 e. The van der Waals surface area contributed by atoms with Gasteiger partial charge in [-0.15, -0.1) is 0 Å². The van der Waals surface area contributed by atoms with Crippen LogP contribution in [-0.4, -0.2) is 10.9 Å². The number of para-hydroxylation sites is 1. The first-order valence-corrected chi connectivity index (χ1v) is 9.45. The van der Waals surface area contributed by atoms with E-state index in [1.165, 1.54) is 0 Å². The van der Waals surface area contributed by atoms with Gasteiger partial charge in [-0.1, -0.05) is 78.9 Å². The number of carbonyl (C=O) groups excluding carboxylic acids is 1. The summed E-state index contributed by atoms with van der Waals surface area (Å²) in [7, 11) is 0. The smallest absolute Gasteiger partial charge is 0.252 e. The van der Waals surface area contributed by atoms with Crippen LogP contribution in [0.4, 0.5) is 0 Å². The Balaban J connectivity index is 1.76. The molecular formula is C25H22N2O. The normalized spacial score (nSPS) is 11.9. The molecule has 0 aliphatic heterocycles. The number of nitrogens with one attached hydrogen (secondary N) is 1. The summed E-state index contributed by atoms with van der Waals surface area (Å²) >= 11 is 0. The summed E-state index contributed by atoms with van der Waals surface area (Å²) < 4.78 is 0. The van der Waals surface area contributed by atoms with Crippen molar-refractivity contribution < 1.29 is 4.79 Å². The Morgan fingerprint density at radius 1 is 0.893 bits per heavy atom. The van der Waals surface area contributed by atoms with E-state index in [9.17, 15) is 4.79 Å². The van der Waals surface area contributed by atoms with Crippen molar-refractivity contribution in [3.05, 3.63) is 102 Å². The average Bonchev–Trinajstić information content (AvgIpc) is 2.74. The van der Waals surface area contributed by atoms with E-state index in [1.54, 1.807) is 0 Å². The minimum atomic E-state index is -0.0861. The molecule has 3 aromatic carbocycles. The summed E-state index contributed by atoms with van der Waals surface area (Å²) in [5.74, 6) is -0.0861. The Bertz CT molecular complexity index is 1120. The Hall–Kier alpha value is -3.46. The van der Waals surface area contributed by atoms with E-state index in [1.807, 2.05) is 80.6 Å². The number of aromatic nitrogens is 1. The van der Waals surface area contributed by atoms with Gasteiger partial charge in [0.25, 0.3) is 5.91 Å². The van der Waals surface area contributed by atoms with Gasteiger partial charge in [0.15, 0.2) is 0 Å². The summed E-state index contributed by atoms with van der Waals surface area (Å²) in [6, 6.07) is 27.9. The molecule has 0 unspecified atom stereocenters. The summed E-state index contributed by atoms with van der Waals surface area (Å²) in [5, 5.41) is 3.99. The van der Waals surface area contributed by atoms with Gasteiger partial charge in [0.2, 0.25) is 0 Å². The Morgan fingerprint density at radius 2 is 1.57 bits per heavy atom. The average molecular weight is 366 g/mol. The molecule has 0 radical (unpaired) electrons. The number of amides is 1. The summed E-state index contributed by atoms with van der Waals surface area (Å²) in [5.41, 5.74) is 5.54. The summed E-state index contributed by atoms with van der Waals surface area (Å²) in [6.07, 6.45) is 0. The lowest BCUT2D eigenvalue weighted by molar-refractivity contribution is 0.0941. The van der Waals surface area contributed by atoms with Crippen LogP contribution in [0.5, 0.6) is 0 Å². The van der Waals surface area contributed by atoms with E-state index in [2.05, 4.69) is 23.5 Å². The van der Waals surface area contributed by atoms with Crippen LogP contribution in [0.15, 0.2) is 84.9 Å². The molecule has 0 aliphatic carbocycles. The minimum Gasteiger partial charge on any atom is -0.345 e. The van der Waals surface area contributed by atoms with Gasteiger partial charge < -0.3 is 5.32 Å². The fourth-order valence-corrected chi connectivity index (χ4v) is 3.51. The second-order valence-electron chi connectivity index (χ2n) is 6.98. The number of pyridine rings is 1. The highest BCUT2D eigenvalue weighted by molar-refractivity contribution is 6.09. The van der Waals surface area contributed by atoms with Gasteiger partial charge in [-0.05, 0) is 31.0 Å². The lowest BCUT2D eigenvalue weighted by atomic mass is 9.98. The third-order valence-electron chi connectivity index (χ3n) is 4.94. The van der Waals surface area contributed by atoms with Gasteiger partial charge in [0.05, 0.1) is 17.1 Å². The first kappa shape index (κ1) is 17.9. The monoisotopic (exact) mass is 366 g/mol. The lowest BCUT2D eigenvalue weighted by Crippen LogP contribution is -2.27. The third-order valence-corrected chi connectivity index (χ3v) is 4.94. The van der Waals surface area contributed by atoms with E-state index >= 15 is 0 Å². The van der Waals surface area contributed by atoms with Crippen LogP contribution in [-0.2, 0) is 0 Å². The van der Waals surface area contributed by atoms with Crippen LogP contribution in [0.2, 0.25) is 0 Å². The third kappa shape index (κ3) is 3.52. The van der Waals surface area contributed by atoms with Crippen LogP contribution in [0.1, 0.15) is 34.6 Å². The van der Waals surface area contributed by atoms with Crippen LogP contribution >= 0.6 is 0 Å². The molecule has 1 N–H and O–H groups in total. The van der Waals surface area contributed by atoms with Crippen molar-refractivity contribution in [2.45, 2.75) is 19.9 Å². The predicted octanol–water partition coefficient (Wildman–Crippen LogP) is 5.70. The Labute approximate surface area is 165 Å². The van der Waals surface area contributed by atoms with Crippen molar-refractivity contribution in [1.82, 2.24) is 10.3 Å². The molecule has 0 bridgehead atoms. The molecule has 1 aromatic heterocycles. The number of rotatable bonds is 4. The maximum atomic E-state index is 13.1. The van der Waals surface area contributed by atoms with Crippen molar-refractivity contribution in [3.63, 3.8) is 0 Å². The lowest BCUT2D eigenvalue weighted by Gasteiger charge is -2.16. The number of hydrogen-bond donors (Lipinski definition) is 1. The van der Waals surface area contributed by atoms with Crippen molar-refractivity contribution >= 4 is 16.8 Å². The standard InChI is InChI=1S/C25H22N2O/c1-17-16-23(25(28)27-18(2)19-10-5-3-6-11-19)22-15-9-14-21(24(22)26-17)20-12-7-4-8-13-20/h3-16,18H,1-2H3,(H,27,28)/t18-/m0/s1. The van der Waals surface area contributed by atoms with Crippen molar-refractivity contribution in [2.24, 2.45) is 0 Å². The van der Waals surface area contributed by atoms with E-state index in [4.69, 9.17) is 4.98 Å². The zero-order valence-electron chi connectivity index (χ0n) is 16.0. The number of benzene rings is 3. The number of hydrogen-bond acceptors (Lipinski definition) is 2. The van der Waals surface area contributed by atoms with Gasteiger partial charge >= 0.3 is 0 Å². The highest BCUT2D eigenvalue weighted by atomic mass is 16.1. The molecule has 3 nitrogen and oxygen atoms in total. The minimum absolute atomic E-state index is 0.0745. The highest BCUT2D eigenvalue weighted by Crippen LogP contribution is 2.29. The SMILES string of the molecule is Cc1cc(C(=O)N[C@@H](C)c2ccccc2)c2cccc(-c3ccccc3)c2n1. The fourth-order valence-electron chi connectivity index (χ4n) is 3.51. The van der Waals surface area contributed by atoms with Crippen LogP contribution in [0.3, 0.4) is 0 Å². The van der Waals surface area contributed by atoms with Crippen molar-refractivity contribution in [1.29, 1.82) is 0 Å². The Kier molecular flexibility index (Phi) is 4.90. The van der Waals surface area contributed by atoms with Crippen molar-refractivity contribution in [2.75, 3.05) is 0 Å². The molecule has 1 amide bonds. The van der Waals surface area contributed by atoms with E-state index in [0.717, 1.165) is 33.3 Å². The molecule has 138 valence electrons. The fraction of sp³-hybridized carbons (Fsp3) is 0.120. The van der Waals surface area contributed by atoms with Gasteiger partial charge in [0, 0.05) is 16.6 Å². The van der Waals surface area contributed by atoms with Crippen molar-refractivity contribution in [3.8, 4) is 11.1 Å². The molecule has 0 fully saturated rings. The number of aryl methyl sites for hydroxylation is 1. The number of carbonyl (C=O) groups is 1. The molecule has 0 aliphatic rings. The van der Waals surface area contributed by atoms with Crippen LogP contribution in [0.25, 0.3) is 22.0 Å². The quantitative estimate of drug-likeness (QED) is 0.503. The number of nitrogens with zero attached hydrogens (tertiary/aromatic N) is 1. The molecular weight excluding hydrogens is 344 g/mol. The number of fused-ring (bicyclic) bond motifs is 1. The highest BCUT2D eigenvalue weighted by Gasteiger charge is 2.17. The maximum absolute atomic E-state index is 13.1. The second kappa shape index (κ2) is 7.65. The molecule has 0 spiro atoms. The van der Waals surface area contributed by atoms with Gasteiger partial charge in [0.1, 0.15) is 0 Å². The van der Waals surface area contributed by atoms with Gasteiger partial charge in [-0.3, -0.25) is 9.78 Å². The summed E-state index contributed by atoms with van der Waals surface area (Å²) in [4.78, 5) is 17.9. The van der Waals surface area contributed by atoms with Crippen LogP contribution < -0.4 is 5.32 Å². The van der Waals surface area contributed by atoms with E-state index in [0.29, 0.717) is 5.56 Å². The summed E-state index contributed by atoms with van der Waals surface area (Å²) in [6.45, 7) is 3.93. The molecule has 0 saturated heterocycles. The van der Waals surface area contributed by atoms with Gasteiger partial charge in [-0.25, -0.2) is 0 Å². The molecule has 4 rings (SSSR count). The molecule has 4 aromatic rings. The zero-order valence-corrected chi connectivity index (χ0v) is 16.0. The first-order chi connectivity index (χ1) is 13.6. The van der Waals surface area contributed by atoms with Crippen LogP contribution in [0, 0.1) is 6.92 Å². The predicted molar refractivity (Wildman–Crippen MR) is 114 cm³/mol. The molecule has 3 heteroatoms. The second-order valence-corrected chi connectivity index (χ2v) is 6.98. The molecule has 1 atom stereocenters.